The van der Waals surface area contributed by atoms with E-state index in [4.69, 9.17) is 32.5 Å². The molecule has 0 spiro atoms. The SMILES string of the molecule is COc1cc(/C=N\N=C(\N)c2nonc2N)ccc1OCc1c(F)cccc1Cl. The topological polar surface area (TPSA) is 134 Å². The van der Waals surface area contributed by atoms with Gasteiger partial charge in [-0.3, -0.25) is 0 Å². The molecule has 3 aromatic rings. The minimum absolute atomic E-state index is 0.0135. The van der Waals surface area contributed by atoms with Crippen molar-refractivity contribution < 1.29 is 18.5 Å². The first-order valence-corrected chi connectivity index (χ1v) is 8.56. The van der Waals surface area contributed by atoms with Gasteiger partial charge in [-0.2, -0.15) is 5.10 Å². The molecule has 0 fully saturated rings. The van der Waals surface area contributed by atoms with Crippen LogP contribution in [0.5, 0.6) is 11.5 Å². The van der Waals surface area contributed by atoms with E-state index in [-0.39, 0.29) is 34.5 Å². The van der Waals surface area contributed by atoms with Crippen LogP contribution in [-0.2, 0) is 6.61 Å². The lowest BCUT2D eigenvalue weighted by Gasteiger charge is -2.12. The molecule has 150 valence electrons. The summed E-state index contributed by atoms with van der Waals surface area (Å²) in [4.78, 5) is 0. The molecule has 0 saturated heterocycles. The third-order valence-corrected chi connectivity index (χ3v) is 4.10. The van der Waals surface area contributed by atoms with Crippen LogP contribution in [0, 0.1) is 5.82 Å². The third-order valence-electron chi connectivity index (χ3n) is 3.75. The number of nitrogens with zero attached hydrogens (tertiary/aromatic N) is 4. The van der Waals surface area contributed by atoms with E-state index in [9.17, 15) is 4.39 Å². The highest BCUT2D eigenvalue weighted by Gasteiger charge is 2.11. The maximum Gasteiger partial charge on any atom is 0.199 e. The van der Waals surface area contributed by atoms with E-state index in [2.05, 4.69) is 25.1 Å². The number of benzene rings is 2. The summed E-state index contributed by atoms with van der Waals surface area (Å²) in [6.45, 7) is -0.0523. The Morgan fingerprint density at radius 1 is 1.28 bits per heavy atom. The molecule has 0 saturated carbocycles. The van der Waals surface area contributed by atoms with Crippen LogP contribution in [0.2, 0.25) is 5.02 Å². The van der Waals surface area contributed by atoms with Crippen LogP contribution < -0.4 is 20.9 Å². The van der Waals surface area contributed by atoms with Crippen LogP contribution in [-0.4, -0.2) is 29.5 Å². The second-order valence-corrected chi connectivity index (χ2v) is 6.03. The van der Waals surface area contributed by atoms with Crippen molar-refractivity contribution in [1.29, 1.82) is 0 Å². The summed E-state index contributed by atoms with van der Waals surface area (Å²) in [6.07, 6.45) is 1.44. The van der Waals surface area contributed by atoms with Gasteiger partial charge in [0.15, 0.2) is 28.8 Å². The zero-order valence-corrected chi connectivity index (χ0v) is 15.9. The Balaban J connectivity index is 1.72. The molecule has 1 aromatic heterocycles. The molecule has 0 atom stereocenters. The van der Waals surface area contributed by atoms with Gasteiger partial charge in [0.25, 0.3) is 0 Å². The second kappa shape index (κ2) is 9.02. The fourth-order valence-corrected chi connectivity index (χ4v) is 2.50. The lowest BCUT2D eigenvalue weighted by atomic mass is 10.2. The number of anilines is 1. The normalized spacial score (nSPS) is 11.8. The molecule has 0 unspecified atom stereocenters. The van der Waals surface area contributed by atoms with Crippen LogP contribution in [0.15, 0.2) is 51.2 Å². The minimum atomic E-state index is -0.446. The fraction of sp³-hybridized carbons (Fsp3) is 0.111. The molecule has 11 heteroatoms. The molecule has 3 rings (SSSR count). The van der Waals surface area contributed by atoms with Gasteiger partial charge in [-0.15, -0.1) is 5.10 Å². The zero-order valence-electron chi connectivity index (χ0n) is 15.2. The Morgan fingerprint density at radius 2 is 2.10 bits per heavy atom. The van der Waals surface area contributed by atoms with Crippen LogP contribution in [0.4, 0.5) is 10.2 Å². The molecule has 0 amide bonds. The zero-order chi connectivity index (χ0) is 20.8. The van der Waals surface area contributed by atoms with Gasteiger partial charge < -0.3 is 20.9 Å². The van der Waals surface area contributed by atoms with E-state index < -0.39 is 5.82 Å². The Morgan fingerprint density at radius 3 is 2.79 bits per heavy atom. The minimum Gasteiger partial charge on any atom is -0.493 e. The lowest BCUT2D eigenvalue weighted by molar-refractivity contribution is 0.280. The summed E-state index contributed by atoms with van der Waals surface area (Å²) in [7, 11) is 1.48. The summed E-state index contributed by atoms with van der Waals surface area (Å²) >= 11 is 6.01. The van der Waals surface area contributed by atoms with Gasteiger partial charge in [0.05, 0.1) is 18.3 Å². The fourth-order valence-electron chi connectivity index (χ4n) is 2.28. The largest absolute Gasteiger partial charge is 0.493 e. The first kappa shape index (κ1) is 20.1. The number of aromatic nitrogens is 2. The number of halogens is 2. The summed E-state index contributed by atoms with van der Waals surface area (Å²) < 4.78 is 29.3. The van der Waals surface area contributed by atoms with E-state index in [1.54, 1.807) is 24.3 Å². The Labute approximate surface area is 169 Å². The molecule has 29 heavy (non-hydrogen) atoms. The summed E-state index contributed by atoms with van der Waals surface area (Å²) in [6, 6.07) is 9.47. The van der Waals surface area contributed by atoms with Crippen molar-refractivity contribution in [3.8, 4) is 11.5 Å². The number of hydrogen-bond acceptors (Lipinski definition) is 8. The Kier molecular flexibility index (Phi) is 6.25. The summed E-state index contributed by atoms with van der Waals surface area (Å²) in [5.74, 6) is 0.351. The van der Waals surface area contributed by atoms with E-state index in [1.807, 2.05) is 0 Å². The number of hydrogen-bond donors (Lipinski definition) is 2. The maximum atomic E-state index is 13.9. The number of nitrogen functional groups attached to an aromatic ring is 1. The first-order chi connectivity index (χ1) is 14.0. The molecule has 0 bridgehead atoms. The Hall–Kier alpha value is -3.66. The highest BCUT2D eigenvalue weighted by molar-refractivity contribution is 6.31. The van der Waals surface area contributed by atoms with Gasteiger partial charge in [0.2, 0.25) is 0 Å². The molecule has 0 aliphatic carbocycles. The second-order valence-electron chi connectivity index (χ2n) is 5.63. The van der Waals surface area contributed by atoms with E-state index in [0.717, 1.165) is 0 Å². The van der Waals surface area contributed by atoms with E-state index >= 15 is 0 Å². The molecule has 0 radical (unpaired) electrons. The maximum absolute atomic E-state index is 13.9. The van der Waals surface area contributed by atoms with E-state index in [0.29, 0.717) is 17.1 Å². The monoisotopic (exact) mass is 418 g/mol. The summed E-state index contributed by atoms with van der Waals surface area (Å²) in [5, 5.41) is 14.9. The third kappa shape index (κ3) is 4.79. The van der Waals surface area contributed by atoms with E-state index in [1.165, 1.54) is 25.5 Å². The van der Waals surface area contributed by atoms with Crippen molar-refractivity contribution in [3.05, 3.63) is 64.1 Å². The van der Waals surface area contributed by atoms with Crippen LogP contribution in [0.3, 0.4) is 0 Å². The lowest BCUT2D eigenvalue weighted by Crippen LogP contribution is -2.15. The molecule has 0 aliphatic heterocycles. The molecule has 1 heterocycles. The van der Waals surface area contributed by atoms with Crippen LogP contribution >= 0.6 is 11.6 Å². The van der Waals surface area contributed by atoms with Crippen molar-refractivity contribution in [2.45, 2.75) is 6.61 Å². The van der Waals surface area contributed by atoms with Gasteiger partial charge in [-0.25, -0.2) is 9.02 Å². The van der Waals surface area contributed by atoms with Crippen molar-refractivity contribution in [3.63, 3.8) is 0 Å². The standard InChI is InChI=1S/C18H16ClFN6O3/c1-27-15-7-10(8-23-24-17(21)16-18(22)26-29-25-16)5-6-14(15)28-9-11-12(19)3-2-4-13(11)20/h2-8H,9H2,1H3,(H2,21,24)(H2,22,26)/b23-8-. The predicted molar refractivity (Wildman–Crippen MR) is 106 cm³/mol. The van der Waals surface area contributed by atoms with Crippen LogP contribution in [0.25, 0.3) is 0 Å². The molecule has 9 nitrogen and oxygen atoms in total. The van der Waals surface area contributed by atoms with Crippen molar-refractivity contribution in [2.75, 3.05) is 12.8 Å². The Bertz CT molecular complexity index is 1050. The molecular weight excluding hydrogens is 403 g/mol. The highest BCUT2D eigenvalue weighted by Crippen LogP contribution is 2.29. The predicted octanol–water partition coefficient (Wildman–Crippen LogP) is 2.77. The van der Waals surface area contributed by atoms with Gasteiger partial charge >= 0.3 is 0 Å². The number of rotatable bonds is 7. The van der Waals surface area contributed by atoms with Gasteiger partial charge in [0.1, 0.15) is 12.4 Å². The van der Waals surface area contributed by atoms with Crippen molar-refractivity contribution in [2.24, 2.45) is 15.9 Å². The smallest absolute Gasteiger partial charge is 0.199 e. The van der Waals surface area contributed by atoms with Crippen LogP contribution in [0.1, 0.15) is 16.8 Å². The van der Waals surface area contributed by atoms with Gasteiger partial charge in [-0.05, 0) is 46.2 Å². The van der Waals surface area contributed by atoms with Crippen molar-refractivity contribution in [1.82, 2.24) is 10.3 Å². The number of nitrogens with two attached hydrogens (primary N) is 2. The molecular formula is C18H16ClFN6O3. The molecule has 4 N–H and O–H groups in total. The average molecular weight is 419 g/mol. The van der Waals surface area contributed by atoms with Gasteiger partial charge in [-0.1, -0.05) is 17.7 Å². The molecule has 0 aliphatic rings. The number of methoxy groups -OCH3 is 1. The number of amidine groups is 1. The molecule has 2 aromatic carbocycles. The quantitative estimate of drug-likeness (QED) is 0.342. The number of ether oxygens (including phenoxy) is 2. The summed E-state index contributed by atoms with van der Waals surface area (Å²) in [5.41, 5.74) is 12.3. The van der Waals surface area contributed by atoms with Crippen molar-refractivity contribution >= 4 is 29.5 Å². The highest BCUT2D eigenvalue weighted by atomic mass is 35.5. The average Bonchev–Trinajstić information content (AvgIpc) is 3.14. The van der Waals surface area contributed by atoms with Gasteiger partial charge in [0, 0.05) is 5.56 Å². The first-order valence-electron chi connectivity index (χ1n) is 8.18.